The van der Waals surface area contributed by atoms with Gasteiger partial charge >= 0.3 is 0 Å². The Labute approximate surface area is 161 Å². The van der Waals surface area contributed by atoms with Crippen LogP contribution in [0.4, 0.5) is 0 Å². The first kappa shape index (κ1) is 20.0. The second-order valence-corrected chi connectivity index (χ2v) is 10.8. The summed E-state index contributed by atoms with van der Waals surface area (Å²) in [6.45, 7) is 1.94. The Balaban J connectivity index is 1.85. The van der Waals surface area contributed by atoms with Gasteiger partial charge in [-0.05, 0) is 73.1 Å². The number of hydrogen-bond donors (Lipinski definition) is 1. The van der Waals surface area contributed by atoms with Crippen molar-refractivity contribution in [2.45, 2.75) is 54.9 Å². The van der Waals surface area contributed by atoms with Crippen LogP contribution in [0.25, 0.3) is 0 Å². The molecule has 0 bridgehead atoms. The van der Waals surface area contributed by atoms with E-state index in [4.69, 9.17) is 0 Å². The summed E-state index contributed by atoms with van der Waals surface area (Å²) in [4.78, 5) is 0.162. The summed E-state index contributed by atoms with van der Waals surface area (Å²) >= 11 is 0. The molecule has 0 aromatic heterocycles. The molecule has 27 heavy (non-hydrogen) atoms. The number of sulfone groups is 1. The molecular formula is C20H25NO4S2. The summed E-state index contributed by atoms with van der Waals surface area (Å²) in [5, 5.41) is 0. The van der Waals surface area contributed by atoms with Crippen molar-refractivity contribution < 1.29 is 16.8 Å². The van der Waals surface area contributed by atoms with Gasteiger partial charge in [0.25, 0.3) is 0 Å². The summed E-state index contributed by atoms with van der Waals surface area (Å²) in [7, 11) is -7.11. The van der Waals surface area contributed by atoms with Gasteiger partial charge in [-0.3, -0.25) is 0 Å². The molecule has 1 aliphatic carbocycles. The molecule has 0 heterocycles. The lowest BCUT2D eigenvalue weighted by atomic mass is 9.89. The minimum atomic E-state index is -3.75. The van der Waals surface area contributed by atoms with Gasteiger partial charge in [0.15, 0.2) is 9.84 Å². The van der Waals surface area contributed by atoms with Gasteiger partial charge in [-0.1, -0.05) is 25.1 Å². The van der Waals surface area contributed by atoms with Crippen LogP contribution in [0.2, 0.25) is 0 Å². The van der Waals surface area contributed by atoms with Crippen LogP contribution in [0.3, 0.4) is 0 Å². The fraction of sp³-hybridized carbons (Fsp3) is 0.400. The molecule has 0 amide bonds. The minimum Gasteiger partial charge on any atom is -0.224 e. The Morgan fingerprint density at radius 1 is 0.889 bits per heavy atom. The lowest BCUT2D eigenvalue weighted by molar-refractivity contribution is 0.549. The molecule has 0 spiro atoms. The molecule has 3 rings (SSSR count). The number of benzene rings is 2. The van der Waals surface area contributed by atoms with E-state index < -0.39 is 19.9 Å². The lowest BCUT2D eigenvalue weighted by Crippen LogP contribution is -2.28. The fourth-order valence-corrected chi connectivity index (χ4v) is 5.42. The van der Waals surface area contributed by atoms with E-state index in [0.717, 1.165) is 24.7 Å². The van der Waals surface area contributed by atoms with E-state index in [9.17, 15) is 16.8 Å². The summed E-state index contributed by atoms with van der Waals surface area (Å²) in [5.74, 6) is 0. The second kappa shape index (κ2) is 7.73. The molecule has 0 fully saturated rings. The number of nitrogens with one attached hydrogen (secondary N) is 1. The molecule has 7 heteroatoms. The van der Waals surface area contributed by atoms with Gasteiger partial charge in [0.2, 0.25) is 10.0 Å². The standard InChI is InChI=1S/C20H25NO4S2/c1-3-20(17-9-8-15-6-4-5-7-16(15)14-17)21-27(24,25)19-12-10-18(11-13-19)26(2,22)23/h8-14,20-21H,3-7H2,1-2H3. The highest BCUT2D eigenvalue weighted by atomic mass is 32.2. The lowest BCUT2D eigenvalue weighted by Gasteiger charge is -2.21. The quantitative estimate of drug-likeness (QED) is 0.796. The van der Waals surface area contributed by atoms with Gasteiger partial charge in [-0.25, -0.2) is 21.6 Å². The Bertz CT molecular complexity index is 1030. The first-order valence-corrected chi connectivity index (χ1v) is 12.5. The number of rotatable bonds is 6. The highest BCUT2D eigenvalue weighted by molar-refractivity contribution is 7.90. The number of hydrogen-bond acceptors (Lipinski definition) is 4. The zero-order valence-electron chi connectivity index (χ0n) is 15.6. The molecule has 1 N–H and O–H groups in total. The third-order valence-corrected chi connectivity index (χ3v) is 7.66. The topological polar surface area (TPSA) is 80.3 Å². The van der Waals surface area contributed by atoms with Crippen molar-refractivity contribution in [1.29, 1.82) is 0 Å². The van der Waals surface area contributed by atoms with Crippen LogP contribution < -0.4 is 4.72 Å². The minimum absolute atomic E-state index is 0.0614. The molecule has 0 radical (unpaired) electrons. The summed E-state index contributed by atoms with van der Waals surface area (Å²) in [6, 6.07) is 11.2. The summed E-state index contributed by atoms with van der Waals surface area (Å²) < 4.78 is 51.4. The third-order valence-electron chi connectivity index (χ3n) is 5.04. The normalized spacial score (nSPS) is 15.9. The van der Waals surface area contributed by atoms with E-state index in [1.165, 1.54) is 48.2 Å². The van der Waals surface area contributed by atoms with Crippen molar-refractivity contribution in [2.75, 3.05) is 6.26 Å². The molecular weight excluding hydrogens is 382 g/mol. The van der Waals surface area contributed by atoms with Gasteiger partial charge in [0.1, 0.15) is 0 Å². The largest absolute Gasteiger partial charge is 0.241 e. The highest BCUT2D eigenvalue weighted by Crippen LogP contribution is 2.27. The smallest absolute Gasteiger partial charge is 0.224 e. The highest BCUT2D eigenvalue weighted by Gasteiger charge is 2.22. The number of aryl methyl sites for hydroxylation is 2. The molecule has 1 aliphatic rings. The number of fused-ring (bicyclic) bond motifs is 1. The van der Waals surface area contributed by atoms with Crippen molar-refractivity contribution in [3.63, 3.8) is 0 Å². The Hall–Kier alpha value is -1.70. The SMILES string of the molecule is CCC(NS(=O)(=O)c1ccc(S(C)(=O)=O)cc1)c1ccc2c(c1)CCCC2. The maximum Gasteiger partial charge on any atom is 0.241 e. The zero-order chi connectivity index (χ0) is 19.7. The molecule has 0 saturated heterocycles. The molecule has 2 aromatic carbocycles. The summed E-state index contributed by atoms with van der Waals surface area (Å²) in [5.41, 5.74) is 3.64. The van der Waals surface area contributed by atoms with E-state index in [1.807, 2.05) is 13.0 Å². The van der Waals surface area contributed by atoms with Crippen LogP contribution in [-0.2, 0) is 32.7 Å². The van der Waals surface area contributed by atoms with Crippen LogP contribution in [0.15, 0.2) is 52.3 Å². The van der Waals surface area contributed by atoms with Crippen molar-refractivity contribution in [1.82, 2.24) is 4.72 Å². The van der Waals surface area contributed by atoms with Crippen LogP contribution in [-0.4, -0.2) is 23.1 Å². The van der Waals surface area contributed by atoms with Crippen LogP contribution in [0, 0.1) is 0 Å². The fourth-order valence-electron chi connectivity index (χ4n) is 3.48. The Morgan fingerprint density at radius 2 is 1.48 bits per heavy atom. The van der Waals surface area contributed by atoms with Crippen molar-refractivity contribution in [3.8, 4) is 0 Å². The third kappa shape index (κ3) is 4.59. The van der Waals surface area contributed by atoms with Crippen molar-refractivity contribution in [3.05, 3.63) is 59.2 Å². The van der Waals surface area contributed by atoms with Crippen LogP contribution in [0.5, 0.6) is 0 Å². The predicted octanol–water partition coefficient (Wildman–Crippen LogP) is 3.40. The van der Waals surface area contributed by atoms with E-state index >= 15 is 0 Å². The van der Waals surface area contributed by atoms with Gasteiger partial charge < -0.3 is 0 Å². The van der Waals surface area contributed by atoms with E-state index in [0.29, 0.717) is 6.42 Å². The van der Waals surface area contributed by atoms with Crippen LogP contribution >= 0.6 is 0 Å². The van der Waals surface area contributed by atoms with Gasteiger partial charge in [-0.2, -0.15) is 0 Å². The second-order valence-electron chi connectivity index (χ2n) is 7.06. The number of sulfonamides is 1. The summed E-state index contributed by atoms with van der Waals surface area (Å²) in [6.07, 6.45) is 6.23. The molecule has 1 unspecified atom stereocenters. The molecule has 0 aliphatic heterocycles. The van der Waals surface area contributed by atoms with Crippen molar-refractivity contribution >= 4 is 19.9 Å². The molecule has 146 valence electrons. The maximum absolute atomic E-state index is 12.8. The molecule has 0 saturated carbocycles. The van der Waals surface area contributed by atoms with Crippen LogP contribution in [0.1, 0.15) is 48.9 Å². The monoisotopic (exact) mass is 407 g/mol. The molecule has 5 nitrogen and oxygen atoms in total. The predicted molar refractivity (Wildman–Crippen MR) is 106 cm³/mol. The average Bonchev–Trinajstić information content (AvgIpc) is 2.65. The first-order valence-electron chi connectivity index (χ1n) is 9.15. The zero-order valence-corrected chi connectivity index (χ0v) is 17.2. The van der Waals surface area contributed by atoms with E-state index in [1.54, 1.807) is 0 Å². The average molecular weight is 408 g/mol. The van der Waals surface area contributed by atoms with Crippen molar-refractivity contribution in [2.24, 2.45) is 0 Å². The Kier molecular flexibility index (Phi) is 5.74. The van der Waals surface area contributed by atoms with E-state index in [2.05, 4.69) is 16.9 Å². The molecule has 1 atom stereocenters. The molecule has 2 aromatic rings. The Morgan fingerprint density at radius 3 is 2.07 bits per heavy atom. The van der Waals surface area contributed by atoms with Gasteiger partial charge in [-0.15, -0.1) is 0 Å². The first-order chi connectivity index (χ1) is 12.7. The van der Waals surface area contributed by atoms with Gasteiger partial charge in [0, 0.05) is 12.3 Å². The maximum atomic E-state index is 12.8. The van der Waals surface area contributed by atoms with E-state index in [-0.39, 0.29) is 15.8 Å². The van der Waals surface area contributed by atoms with Gasteiger partial charge in [0.05, 0.1) is 9.79 Å².